The molecule has 0 amide bonds. The number of H-pyrrole nitrogens is 1. The number of carbonyl (C=O) groups excluding carboxylic acids is 2. The molecule has 1 aliphatic carbocycles. The normalized spacial score (nSPS) is 13.7. The number of hydrogen-bond donors (Lipinski definition) is 1. The molecule has 0 unspecified atom stereocenters. The van der Waals surface area contributed by atoms with Crippen molar-refractivity contribution in [3.8, 4) is 5.75 Å². The van der Waals surface area contributed by atoms with Gasteiger partial charge in [0, 0.05) is 28.0 Å². The van der Waals surface area contributed by atoms with Crippen LogP contribution in [0.3, 0.4) is 0 Å². The first kappa shape index (κ1) is 22.7. The minimum Gasteiger partial charge on any atom is -0.497 e. The maximum absolute atomic E-state index is 13.4. The summed E-state index contributed by atoms with van der Waals surface area (Å²) in [5.74, 6) is 0.0416. The van der Waals surface area contributed by atoms with Gasteiger partial charge in [0.15, 0.2) is 6.61 Å². The van der Waals surface area contributed by atoms with E-state index in [9.17, 15) is 9.59 Å². The lowest BCUT2D eigenvalue weighted by atomic mass is 10.0. The van der Waals surface area contributed by atoms with Crippen molar-refractivity contribution < 1.29 is 19.1 Å². The molecule has 0 bridgehead atoms. The van der Waals surface area contributed by atoms with Gasteiger partial charge in [-0.1, -0.05) is 48.5 Å². The van der Waals surface area contributed by atoms with Gasteiger partial charge < -0.3 is 14.5 Å². The molecule has 6 rings (SSSR count). The number of methoxy groups -OCH3 is 1. The lowest BCUT2D eigenvalue weighted by molar-refractivity contribution is 0.0476. The van der Waals surface area contributed by atoms with Gasteiger partial charge in [0.1, 0.15) is 5.75 Å². The van der Waals surface area contributed by atoms with E-state index in [0.717, 1.165) is 56.4 Å². The van der Waals surface area contributed by atoms with Crippen LogP contribution in [0.4, 0.5) is 0 Å². The van der Waals surface area contributed by atoms with Crippen molar-refractivity contribution in [1.82, 2.24) is 9.97 Å². The van der Waals surface area contributed by atoms with Gasteiger partial charge in [0.05, 0.1) is 23.9 Å². The summed E-state index contributed by atoms with van der Waals surface area (Å²) < 4.78 is 10.9. The Kier molecular flexibility index (Phi) is 5.77. The Morgan fingerprint density at radius 3 is 2.51 bits per heavy atom. The molecule has 0 fully saturated rings. The Hall–Kier alpha value is -4.71. The van der Waals surface area contributed by atoms with Crippen LogP contribution in [-0.4, -0.2) is 35.4 Å². The number of esters is 1. The number of ketones is 1. The van der Waals surface area contributed by atoms with Gasteiger partial charge in [-0.25, -0.2) is 9.78 Å². The number of aromatic amines is 1. The molecule has 182 valence electrons. The van der Waals surface area contributed by atoms with Crippen molar-refractivity contribution in [3.63, 3.8) is 0 Å². The second kappa shape index (κ2) is 9.39. The van der Waals surface area contributed by atoms with E-state index < -0.39 is 5.97 Å². The monoisotopic (exact) mass is 488 g/mol. The van der Waals surface area contributed by atoms with E-state index in [-0.39, 0.29) is 12.4 Å². The van der Waals surface area contributed by atoms with Crippen LogP contribution in [0, 0.1) is 0 Å². The van der Waals surface area contributed by atoms with Gasteiger partial charge in [-0.2, -0.15) is 0 Å². The third-order valence-electron chi connectivity index (χ3n) is 6.83. The standard InChI is InChI=1S/C31H24N2O4/c1-36-21-13-10-19(11-14-21)16-20-12-15-24-29(23-7-3-5-9-27(23)33-30(20)24)31(35)37-18-28(34)25-17-32-26-8-4-2-6-22(25)26/h2-11,13-14,16-17,32H,12,15,18H2,1H3. The predicted octanol–water partition coefficient (Wildman–Crippen LogP) is 6.25. The lowest BCUT2D eigenvalue weighted by Gasteiger charge is -2.12. The SMILES string of the molecule is COc1ccc(C=C2CCc3c2nc2ccccc2c3C(=O)OCC(=O)c2c[nH]c3ccccc23)cc1. The fourth-order valence-electron chi connectivity index (χ4n) is 5.00. The Labute approximate surface area is 213 Å². The number of aromatic nitrogens is 2. The number of benzene rings is 3. The zero-order chi connectivity index (χ0) is 25.4. The van der Waals surface area contributed by atoms with Crippen LogP contribution in [0.15, 0.2) is 79.0 Å². The predicted molar refractivity (Wildman–Crippen MR) is 144 cm³/mol. The molecule has 6 nitrogen and oxygen atoms in total. The topological polar surface area (TPSA) is 81.3 Å². The van der Waals surface area contributed by atoms with Gasteiger partial charge in [-0.05, 0) is 59.9 Å². The molecule has 1 N–H and O–H groups in total. The molecule has 0 saturated carbocycles. The largest absolute Gasteiger partial charge is 0.497 e. The highest BCUT2D eigenvalue weighted by molar-refractivity contribution is 6.11. The minimum atomic E-state index is -0.506. The molecular formula is C31H24N2O4. The molecule has 0 spiro atoms. The number of allylic oxidation sites excluding steroid dienone is 1. The van der Waals surface area contributed by atoms with E-state index in [0.29, 0.717) is 17.5 Å². The van der Waals surface area contributed by atoms with Crippen molar-refractivity contribution in [1.29, 1.82) is 0 Å². The van der Waals surface area contributed by atoms with Crippen molar-refractivity contribution in [2.75, 3.05) is 13.7 Å². The van der Waals surface area contributed by atoms with Crippen LogP contribution in [0.1, 0.15) is 44.0 Å². The van der Waals surface area contributed by atoms with Crippen LogP contribution in [0.25, 0.3) is 33.5 Å². The zero-order valence-corrected chi connectivity index (χ0v) is 20.3. The second-order valence-electron chi connectivity index (χ2n) is 9.02. The number of fused-ring (bicyclic) bond motifs is 3. The number of pyridine rings is 1. The second-order valence-corrected chi connectivity index (χ2v) is 9.02. The number of nitrogens with one attached hydrogen (secondary N) is 1. The average molecular weight is 489 g/mol. The van der Waals surface area contributed by atoms with Crippen LogP contribution < -0.4 is 4.74 Å². The van der Waals surface area contributed by atoms with E-state index in [4.69, 9.17) is 14.5 Å². The maximum Gasteiger partial charge on any atom is 0.339 e. The molecule has 3 aromatic carbocycles. The number of nitrogens with zero attached hydrogens (tertiary/aromatic N) is 1. The summed E-state index contributed by atoms with van der Waals surface area (Å²) in [5, 5.41) is 1.55. The highest BCUT2D eigenvalue weighted by Gasteiger charge is 2.28. The molecule has 2 aromatic heterocycles. The maximum atomic E-state index is 13.4. The number of rotatable bonds is 6. The quantitative estimate of drug-likeness (QED) is 0.226. The van der Waals surface area contributed by atoms with Crippen LogP contribution in [0.5, 0.6) is 5.75 Å². The van der Waals surface area contributed by atoms with Crippen molar-refractivity contribution in [2.24, 2.45) is 0 Å². The smallest absolute Gasteiger partial charge is 0.339 e. The Bertz CT molecular complexity index is 1700. The van der Waals surface area contributed by atoms with Crippen LogP contribution in [0.2, 0.25) is 0 Å². The van der Waals surface area contributed by atoms with E-state index in [1.807, 2.05) is 72.8 Å². The van der Waals surface area contributed by atoms with E-state index in [1.54, 1.807) is 13.3 Å². The number of Topliss-reactive ketones (excluding diaryl/α,β-unsaturated/α-hetero) is 1. The summed E-state index contributed by atoms with van der Waals surface area (Å²) in [6.45, 7) is -0.333. The van der Waals surface area contributed by atoms with E-state index in [1.165, 1.54) is 0 Å². The summed E-state index contributed by atoms with van der Waals surface area (Å²) >= 11 is 0. The van der Waals surface area contributed by atoms with Crippen molar-refractivity contribution >= 4 is 45.2 Å². The molecule has 2 heterocycles. The van der Waals surface area contributed by atoms with Crippen molar-refractivity contribution in [3.05, 3.63) is 107 Å². The Morgan fingerprint density at radius 2 is 1.70 bits per heavy atom. The summed E-state index contributed by atoms with van der Waals surface area (Å²) in [6, 6.07) is 23.0. The molecular weight excluding hydrogens is 464 g/mol. The molecule has 5 aromatic rings. The number of ether oxygens (including phenoxy) is 2. The summed E-state index contributed by atoms with van der Waals surface area (Å²) in [6.07, 6.45) is 5.20. The van der Waals surface area contributed by atoms with Gasteiger partial charge in [-0.3, -0.25) is 4.79 Å². The minimum absolute atomic E-state index is 0.249. The Balaban J connectivity index is 1.33. The van der Waals surface area contributed by atoms with Gasteiger partial charge >= 0.3 is 5.97 Å². The zero-order valence-electron chi connectivity index (χ0n) is 20.3. The van der Waals surface area contributed by atoms with Crippen LogP contribution in [-0.2, 0) is 11.2 Å². The highest BCUT2D eigenvalue weighted by atomic mass is 16.5. The molecule has 37 heavy (non-hydrogen) atoms. The molecule has 0 atom stereocenters. The van der Waals surface area contributed by atoms with E-state index in [2.05, 4.69) is 11.1 Å². The lowest BCUT2D eigenvalue weighted by Crippen LogP contribution is -2.16. The van der Waals surface area contributed by atoms with Gasteiger partial charge in [0.2, 0.25) is 5.78 Å². The number of carbonyl (C=O) groups is 2. The van der Waals surface area contributed by atoms with Crippen molar-refractivity contribution in [2.45, 2.75) is 12.8 Å². The fraction of sp³-hybridized carbons (Fsp3) is 0.129. The number of hydrogen-bond acceptors (Lipinski definition) is 5. The van der Waals surface area contributed by atoms with Gasteiger partial charge in [0.25, 0.3) is 0 Å². The first-order valence-electron chi connectivity index (χ1n) is 12.2. The Morgan fingerprint density at radius 1 is 0.946 bits per heavy atom. The molecule has 6 heteroatoms. The first-order chi connectivity index (χ1) is 18.1. The summed E-state index contributed by atoms with van der Waals surface area (Å²) in [5.41, 5.74) is 6.36. The third kappa shape index (κ3) is 4.16. The molecule has 0 saturated heterocycles. The molecule has 1 aliphatic rings. The fourth-order valence-corrected chi connectivity index (χ4v) is 5.00. The van der Waals surface area contributed by atoms with Crippen LogP contribution >= 0.6 is 0 Å². The summed E-state index contributed by atoms with van der Waals surface area (Å²) in [4.78, 5) is 34.4. The summed E-state index contributed by atoms with van der Waals surface area (Å²) in [7, 11) is 1.64. The highest BCUT2D eigenvalue weighted by Crippen LogP contribution is 2.38. The molecule has 0 aliphatic heterocycles. The molecule has 0 radical (unpaired) electrons. The third-order valence-corrected chi connectivity index (χ3v) is 6.83. The first-order valence-corrected chi connectivity index (χ1v) is 12.2. The van der Waals surface area contributed by atoms with Gasteiger partial charge in [-0.15, -0.1) is 0 Å². The number of para-hydroxylation sites is 2. The van der Waals surface area contributed by atoms with E-state index >= 15 is 0 Å². The average Bonchev–Trinajstić information content (AvgIpc) is 3.55.